The van der Waals surface area contributed by atoms with Crippen molar-refractivity contribution in [3.63, 3.8) is 0 Å². The van der Waals surface area contributed by atoms with Crippen LogP contribution in [-0.2, 0) is 0 Å². The molecular formula is C8H7BrN4O2. The minimum atomic E-state index is -1.06. The lowest BCUT2D eigenvalue weighted by Gasteiger charge is -2.03. The highest BCUT2D eigenvalue weighted by Crippen LogP contribution is 2.29. The molecule has 0 saturated heterocycles. The highest BCUT2D eigenvalue weighted by atomic mass is 79.9. The van der Waals surface area contributed by atoms with Crippen LogP contribution in [0.3, 0.4) is 0 Å². The molecule has 0 aliphatic carbocycles. The fraction of sp³-hybridized carbons (Fsp3) is 0.125. The molecule has 6 nitrogen and oxygen atoms in total. The lowest BCUT2D eigenvalue weighted by Crippen LogP contribution is -2.03. The molecule has 7 heteroatoms. The van der Waals surface area contributed by atoms with E-state index in [0.717, 1.165) is 0 Å². The SMILES string of the molecule is Cc1nc2n[nH]c(N)c2c(C(=O)O)c1Br. The number of aromatic amines is 1. The number of H-pyrrole nitrogens is 1. The van der Waals surface area contributed by atoms with Crippen LogP contribution in [-0.4, -0.2) is 26.3 Å². The van der Waals surface area contributed by atoms with Gasteiger partial charge in [0.05, 0.1) is 21.1 Å². The van der Waals surface area contributed by atoms with Crippen molar-refractivity contribution in [2.75, 3.05) is 5.73 Å². The number of carbonyl (C=O) groups is 1. The number of aryl methyl sites for hydroxylation is 1. The molecule has 0 spiro atoms. The average molecular weight is 271 g/mol. The van der Waals surface area contributed by atoms with Crippen molar-refractivity contribution in [2.24, 2.45) is 0 Å². The Bertz CT molecular complexity index is 563. The maximum absolute atomic E-state index is 11.1. The Labute approximate surface area is 92.6 Å². The van der Waals surface area contributed by atoms with Crippen molar-refractivity contribution >= 4 is 38.8 Å². The van der Waals surface area contributed by atoms with E-state index in [1.807, 2.05) is 0 Å². The second-order valence-electron chi connectivity index (χ2n) is 3.03. The van der Waals surface area contributed by atoms with Crippen LogP contribution in [0.15, 0.2) is 4.47 Å². The third-order valence-corrected chi connectivity index (χ3v) is 3.02. The molecule has 0 radical (unpaired) electrons. The van der Waals surface area contributed by atoms with Gasteiger partial charge in [0.2, 0.25) is 0 Å². The number of nitrogens with one attached hydrogen (secondary N) is 1. The molecule has 15 heavy (non-hydrogen) atoms. The monoisotopic (exact) mass is 270 g/mol. The third-order valence-electron chi connectivity index (χ3n) is 2.05. The van der Waals surface area contributed by atoms with E-state index in [1.165, 1.54) is 0 Å². The first-order valence-corrected chi connectivity index (χ1v) is 4.84. The van der Waals surface area contributed by atoms with Crippen LogP contribution < -0.4 is 5.73 Å². The molecule has 0 aliphatic rings. The van der Waals surface area contributed by atoms with Gasteiger partial charge in [-0.05, 0) is 22.9 Å². The van der Waals surface area contributed by atoms with Gasteiger partial charge in [-0.15, -0.1) is 0 Å². The molecule has 0 amide bonds. The number of fused-ring (bicyclic) bond motifs is 1. The number of anilines is 1. The lowest BCUT2D eigenvalue weighted by atomic mass is 10.1. The van der Waals surface area contributed by atoms with Gasteiger partial charge in [0.25, 0.3) is 0 Å². The molecule has 78 valence electrons. The first-order valence-electron chi connectivity index (χ1n) is 4.05. The summed E-state index contributed by atoms with van der Waals surface area (Å²) in [7, 11) is 0. The minimum absolute atomic E-state index is 0.0868. The summed E-state index contributed by atoms with van der Waals surface area (Å²) in [6, 6.07) is 0. The van der Waals surface area contributed by atoms with Crippen molar-refractivity contribution in [3.8, 4) is 0 Å². The molecule has 2 heterocycles. The number of hydrogen-bond acceptors (Lipinski definition) is 4. The molecule has 0 fully saturated rings. The van der Waals surface area contributed by atoms with Crippen LogP contribution in [0.4, 0.5) is 5.82 Å². The molecule has 2 aromatic rings. The predicted octanol–water partition coefficient (Wildman–Crippen LogP) is 1.31. The number of nitrogens with two attached hydrogens (primary N) is 1. The van der Waals surface area contributed by atoms with E-state index in [1.54, 1.807) is 6.92 Å². The van der Waals surface area contributed by atoms with E-state index < -0.39 is 5.97 Å². The van der Waals surface area contributed by atoms with Crippen LogP contribution in [0.1, 0.15) is 16.1 Å². The van der Waals surface area contributed by atoms with Crippen LogP contribution in [0.5, 0.6) is 0 Å². The van der Waals surface area contributed by atoms with E-state index in [-0.39, 0.29) is 11.4 Å². The van der Waals surface area contributed by atoms with Gasteiger partial charge >= 0.3 is 5.97 Å². The van der Waals surface area contributed by atoms with Gasteiger partial charge in [0, 0.05) is 0 Å². The van der Waals surface area contributed by atoms with Crippen LogP contribution >= 0.6 is 15.9 Å². The summed E-state index contributed by atoms with van der Waals surface area (Å²) in [5.41, 5.74) is 6.55. The van der Waals surface area contributed by atoms with Crippen molar-refractivity contribution in [1.82, 2.24) is 15.2 Å². The molecule has 2 rings (SSSR count). The van der Waals surface area contributed by atoms with Crippen molar-refractivity contribution < 1.29 is 9.90 Å². The Morgan fingerprint density at radius 2 is 2.27 bits per heavy atom. The predicted molar refractivity (Wildman–Crippen MR) is 57.7 cm³/mol. The number of halogens is 1. The number of hydrogen-bond donors (Lipinski definition) is 3. The number of aromatic nitrogens is 3. The molecule has 0 saturated carbocycles. The lowest BCUT2D eigenvalue weighted by molar-refractivity contribution is 0.0698. The molecule has 0 unspecified atom stereocenters. The van der Waals surface area contributed by atoms with Crippen molar-refractivity contribution in [1.29, 1.82) is 0 Å². The maximum atomic E-state index is 11.1. The number of carboxylic acid groups (broad SMARTS) is 1. The van der Waals surface area contributed by atoms with Gasteiger partial charge < -0.3 is 10.8 Å². The zero-order chi connectivity index (χ0) is 11.2. The topological polar surface area (TPSA) is 105 Å². The highest BCUT2D eigenvalue weighted by Gasteiger charge is 2.20. The summed E-state index contributed by atoms with van der Waals surface area (Å²) in [6.07, 6.45) is 0. The van der Waals surface area contributed by atoms with E-state index >= 15 is 0 Å². The third kappa shape index (κ3) is 1.35. The number of rotatable bonds is 1. The van der Waals surface area contributed by atoms with Crippen molar-refractivity contribution in [3.05, 3.63) is 15.7 Å². The first kappa shape index (κ1) is 9.91. The number of carboxylic acids is 1. The zero-order valence-corrected chi connectivity index (χ0v) is 9.29. The summed E-state index contributed by atoms with van der Waals surface area (Å²) in [6.45, 7) is 1.70. The molecule has 2 aromatic heterocycles. The van der Waals surface area contributed by atoms with E-state index in [2.05, 4.69) is 31.1 Å². The van der Waals surface area contributed by atoms with E-state index in [0.29, 0.717) is 21.2 Å². The van der Waals surface area contributed by atoms with Crippen LogP contribution in [0.25, 0.3) is 11.0 Å². The number of nitrogen functional groups attached to an aromatic ring is 1. The number of aromatic carboxylic acids is 1. The standard InChI is InChI=1S/C8H7BrN4O2/c1-2-5(9)3(8(14)15)4-6(10)12-13-7(4)11-2/h1H3,(H,14,15)(H3,10,11,12,13). The molecule has 0 bridgehead atoms. The van der Waals surface area contributed by atoms with Crippen molar-refractivity contribution in [2.45, 2.75) is 6.92 Å². The van der Waals surface area contributed by atoms with Gasteiger partial charge in [0.1, 0.15) is 5.82 Å². The number of pyridine rings is 1. The maximum Gasteiger partial charge on any atom is 0.337 e. The van der Waals surface area contributed by atoms with Gasteiger partial charge in [0.15, 0.2) is 5.65 Å². The largest absolute Gasteiger partial charge is 0.478 e. The van der Waals surface area contributed by atoms with Crippen LogP contribution in [0.2, 0.25) is 0 Å². The Balaban J connectivity index is 2.99. The van der Waals surface area contributed by atoms with Crippen LogP contribution in [0, 0.1) is 6.92 Å². The normalized spacial score (nSPS) is 10.8. The second-order valence-corrected chi connectivity index (χ2v) is 3.82. The Hall–Kier alpha value is -1.63. The highest BCUT2D eigenvalue weighted by molar-refractivity contribution is 9.10. The fourth-order valence-electron chi connectivity index (χ4n) is 1.37. The summed E-state index contributed by atoms with van der Waals surface area (Å²) >= 11 is 3.18. The Kier molecular flexibility index (Phi) is 2.11. The minimum Gasteiger partial charge on any atom is -0.478 e. The van der Waals surface area contributed by atoms with Gasteiger partial charge in [-0.1, -0.05) is 0 Å². The summed E-state index contributed by atoms with van der Waals surface area (Å²) in [5, 5.41) is 15.7. The Morgan fingerprint density at radius 3 is 2.87 bits per heavy atom. The van der Waals surface area contributed by atoms with Gasteiger partial charge in [-0.2, -0.15) is 5.10 Å². The molecule has 0 atom stereocenters. The molecule has 0 aromatic carbocycles. The summed E-state index contributed by atoms with van der Waals surface area (Å²) in [5.74, 6) is -0.860. The van der Waals surface area contributed by atoms with E-state index in [9.17, 15) is 4.79 Å². The first-order chi connectivity index (χ1) is 7.02. The number of nitrogens with zero attached hydrogens (tertiary/aromatic N) is 2. The average Bonchev–Trinajstić information content (AvgIpc) is 2.49. The summed E-state index contributed by atoms with van der Waals surface area (Å²) in [4.78, 5) is 15.2. The fourth-order valence-corrected chi connectivity index (χ4v) is 1.83. The van der Waals surface area contributed by atoms with Gasteiger partial charge in [-0.25, -0.2) is 9.78 Å². The smallest absolute Gasteiger partial charge is 0.337 e. The second kappa shape index (κ2) is 3.20. The molecule has 4 N–H and O–H groups in total. The zero-order valence-electron chi connectivity index (χ0n) is 7.71. The summed E-state index contributed by atoms with van der Waals surface area (Å²) < 4.78 is 0.426. The van der Waals surface area contributed by atoms with E-state index in [4.69, 9.17) is 10.8 Å². The quantitative estimate of drug-likeness (QED) is 0.725. The Morgan fingerprint density at radius 1 is 1.60 bits per heavy atom. The molecule has 0 aliphatic heterocycles. The molecular weight excluding hydrogens is 264 g/mol. The van der Waals surface area contributed by atoms with Gasteiger partial charge in [-0.3, -0.25) is 5.10 Å².